The van der Waals surface area contributed by atoms with E-state index in [0.717, 1.165) is 5.69 Å². The van der Waals surface area contributed by atoms with Crippen LogP contribution in [0.5, 0.6) is 0 Å². The Bertz CT molecular complexity index is 420. The van der Waals surface area contributed by atoms with E-state index >= 15 is 0 Å². The van der Waals surface area contributed by atoms with Gasteiger partial charge in [0.15, 0.2) is 0 Å². The number of benzene rings is 1. The molecule has 0 aliphatic rings. The Hall–Kier alpha value is -2.04. The number of amides is 1. The summed E-state index contributed by atoms with van der Waals surface area (Å²) in [6, 6.07) is 9.14. The smallest absolute Gasteiger partial charge is 0.305 e. The Balaban J connectivity index is 2.52. The molecule has 2 N–H and O–H groups in total. The molecule has 19 heavy (non-hydrogen) atoms. The molecule has 1 unspecified atom stereocenters. The predicted octanol–water partition coefficient (Wildman–Crippen LogP) is 1.81. The average Bonchev–Trinajstić information content (AvgIpc) is 2.37. The van der Waals surface area contributed by atoms with Crippen molar-refractivity contribution in [3.05, 3.63) is 30.3 Å². The number of anilines is 1. The van der Waals surface area contributed by atoms with Crippen LogP contribution in [-0.2, 0) is 9.59 Å². The van der Waals surface area contributed by atoms with Gasteiger partial charge in [-0.15, -0.1) is 0 Å². The standard InChI is InChI=1S/C14H20N2O3/c1-3-16(11(2)9-14(18)19)13(17)10-15-12-7-5-4-6-8-12/h4-8,11,15H,3,9-10H2,1-2H3,(H,18,19). The number of likely N-dealkylation sites (N-methyl/N-ethyl adjacent to an activating group) is 1. The fraction of sp³-hybridized carbons (Fsp3) is 0.429. The van der Waals surface area contributed by atoms with Crippen LogP contribution in [0.3, 0.4) is 0 Å². The van der Waals surface area contributed by atoms with Gasteiger partial charge >= 0.3 is 5.97 Å². The molecule has 0 heterocycles. The first kappa shape index (κ1) is 15.0. The molecular formula is C14H20N2O3. The first-order valence-corrected chi connectivity index (χ1v) is 6.34. The van der Waals surface area contributed by atoms with Gasteiger partial charge in [-0.25, -0.2) is 0 Å². The fourth-order valence-corrected chi connectivity index (χ4v) is 1.93. The van der Waals surface area contributed by atoms with E-state index in [4.69, 9.17) is 5.11 Å². The highest BCUT2D eigenvalue weighted by molar-refractivity contribution is 5.81. The van der Waals surface area contributed by atoms with Crippen LogP contribution < -0.4 is 5.32 Å². The van der Waals surface area contributed by atoms with Gasteiger partial charge in [0.2, 0.25) is 5.91 Å². The lowest BCUT2D eigenvalue weighted by atomic mass is 10.2. The third-order valence-corrected chi connectivity index (χ3v) is 2.88. The lowest BCUT2D eigenvalue weighted by Crippen LogP contribution is -2.42. The molecule has 1 rings (SSSR count). The number of carbonyl (C=O) groups is 2. The van der Waals surface area contributed by atoms with E-state index in [1.165, 1.54) is 0 Å². The van der Waals surface area contributed by atoms with Crippen LogP contribution in [0.4, 0.5) is 5.69 Å². The van der Waals surface area contributed by atoms with E-state index in [1.54, 1.807) is 11.8 Å². The van der Waals surface area contributed by atoms with Crippen molar-refractivity contribution in [1.82, 2.24) is 4.90 Å². The molecule has 0 saturated carbocycles. The van der Waals surface area contributed by atoms with Gasteiger partial charge in [-0.1, -0.05) is 18.2 Å². The molecular weight excluding hydrogens is 244 g/mol. The van der Waals surface area contributed by atoms with Crippen LogP contribution >= 0.6 is 0 Å². The lowest BCUT2D eigenvalue weighted by Gasteiger charge is -2.27. The third-order valence-electron chi connectivity index (χ3n) is 2.88. The molecule has 1 aromatic rings. The average molecular weight is 264 g/mol. The molecule has 1 aromatic carbocycles. The van der Waals surface area contributed by atoms with Crippen LogP contribution in [0.1, 0.15) is 20.3 Å². The van der Waals surface area contributed by atoms with Crippen LogP contribution in [0.25, 0.3) is 0 Å². The van der Waals surface area contributed by atoms with Crippen molar-refractivity contribution in [3.63, 3.8) is 0 Å². The van der Waals surface area contributed by atoms with Crippen molar-refractivity contribution < 1.29 is 14.7 Å². The number of hydrogen-bond acceptors (Lipinski definition) is 3. The van der Waals surface area contributed by atoms with Gasteiger partial charge in [-0.3, -0.25) is 9.59 Å². The largest absolute Gasteiger partial charge is 0.481 e. The molecule has 0 spiro atoms. The minimum Gasteiger partial charge on any atom is -0.481 e. The monoisotopic (exact) mass is 264 g/mol. The number of carboxylic acid groups (broad SMARTS) is 1. The molecule has 104 valence electrons. The van der Waals surface area contributed by atoms with E-state index in [-0.39, 0.29) is 24.9 Å². The van der Waals surface area contributed by atoms with E-state index in [9.17, 15) is 9.59 Å². The quantitative estimate of drug-likeness (QED) is 0.788. The number of nitrogens with one attached hydrogen (secondary N) is 1. The van der Waals surface area contributed by atoms with E-state index < -0.39 is 5.97 Å². The number of para-hydroxylation sites is 1. The minimum atomic E-state index is -0.894. The number of aliphatic carboxylic acids is 1. The lowest BCUT2D eigenvalue weighted by molar-refractivity contribution is -0.139. The predicted molar refractivity (Wildman–Crippen MR) is 74.0 cm³/mol. The van der Waals surface area contributed by atoms with E-state index in [1.807, 2.05) is 37.3 Å². The molecule has 0 fully saturated rings. The Morgan fingerprint density at radius 1 is 1.32 bits per heavy atom. The third kappa shape index (κ3) is 4.99. The van der Waals surface area contributed by atoms with Crippen molar-refractivity contribution >= 4 is 17.6 Å². The summed E-state index contributed by atoms with van der Waals surface area (Å²) < 4.78 is 0. The van der Waals surface area contributed by atoms with E-state index in [0.29, 0.717) is 6.54 Å². The second-order valence-corrected chi connectivity index (χ2v) is 4.35. The molecule has 0 radical (unpaired) electrons. The van der Waals surface area contributed by atoms with Gasteiger partial charge in [0.05, 0.1) is 13.0 Å². The topological polar surface area (TPSA) is 69.6 Å². The fourth-order valence-electron chi connectivity index (χ4n) is 1.93. The maximum atomic E-state index is 12.0. The molecule has 0 saturated heterocycles. The van der Waals surface area contributed by atoms with Crippen LogP contribution in [0.2, 0.25) is 0 Å². The Morgan fingerprint density at radius 2 is 1.95 bits per heavy atom. The normalized spacial score (nSPS) is 11.7. The Labute approximate surface area is 113 Å². The van der Waals surface area contributed by atoms with Gasteiger partial charge < -0.3 is 15.3 Å². The van der Waals surface area contributed by atoms with Crippen LogP contribution in [0.15, 0.2) is 30.3 Å². The SMILES string of the molecule is CCN(C(=O)CNc1ccccc1)C(C)CC(=O)O. The summed E-state index contributed by atoms with van der Waals surface area (Å²) >= 11 is 0. The van der Waals surface area contributed by atoms with Crippen molar-refractivity contribution in [2.24, 2.45) is 0 Å². The van der Waals surface area contributed by atoms with Gasteiger partial charge in [0.1, 0.15) is 0 Å². The highest BCUT2D eigenvalue weighted by Gasteiger charge is 2.20. The number of carboxylic acids is 1. The zero-order chi connectivity index (χ0) is 14.3. The zero-order valence-corrected chi connectivity index (χ0v) is 11.3. The molecule has 0 aliphatic heterocycles. The molecule has 0 aromatic heterocycles. The van der Waals surface area contributed by atoms with Crippen LogP contribution in [-0.4, -0.2) is 41.0 Å². The summed E-state index contributed by atoms with van der Waals surface area (Å²) in [5.41, 5.74) is 0.873. The number of hydrogen-bond donors (Lipinski definition) is 2. The number of rotatable bonds is 7. The summed E-state index contributed by atoms with van der Waals surface area (Å²) in [5.74, 6) is -0.991. The van der Waals surface area contributed by atoms with Gasteiger partial charge in [0, 0.05) is 18.3 Å². The number of carbonyl (C=O) groups excluding carboxylic acids is 1. The van der Waals surface area contributed by atoms with Crippen molar-refractivity contribution in [3.8, 4) is 0 Å². The molecule has 1 atom stereocenters. The maximum Gasteiger partial charge on any atom is 0.305 e. The van der Waals surface area contributed by atoms with Gasteiger partial charge in [-0.2, -0.15) is 0 Å². The molecule has 0 bridgehead atoms. The summed E-state index contributed by atoms with van der Waals surface area (Å²) in [7, 11) is 0. The first-order chi connectivity index (χ1) is 9.04. The number of nitrogens with zero attached hydrogens (tertiary/aromatic N) is 1. The van der Waals surface area contributed by atoms with Crippen molar-refractivity contribution in [1.29, 1.82) is 0 Å². The summed E-state index contributed by atoms with van der Waals surface area (Å²) in [6.45, 7) is 4.27. The molecule has 5 nitrogen and oxygen atoms in total. The van der Waals surface area contributed by atoms with Crippen LogP contribution in [0, 0.1) is 0 Å². The van der Waals surface area contributed by atoms with Crippen molar-refractivity contribution in [2.75, 3.05) is 18.4 Å². The molecule has 1 amide bonds. The van der Waals surface area contributed by atoms with Gasteiger partial charge in [-0.05, 0) is 26.0 Å². The second-order valence-electron chi connectivity index (χ2n) is 4.35. The first-order valence-electron chi connectivity index (χ1n) is 6.34. The van der Waals surface area contributed by atoms with E-state index in [2.05, 4.69) is 5.32 Å². The summed E-state index contributed by atoms with van der Waals surface area (Å²) in [6.07, 6.45) is -0.0368. The second kappa shape index (κ2) is 7.41. The summed E-state index contributed by atoms with van der Waals surface area (Å²) in [4.78, 5) is 24.3. The highest BCUT2D eigenvalue weighted by Crippen LogP contribution is 2.07. The zero-order valence-electron chi connectivity index (χ0n) is 11.3. The van der Waals surface area contributed by atoms with Gasteiger partial charge in [0.25, 0.3) is 0 Å². The maximum absolute atomic E-state index is 12.0. The minimum absolute atomic E-state index is 0.0368. The summed E-state index contributed by atoms with van der Waals surface area (Å²) in [5, 5.41) is 11.8. The Morgan fingerprint density at radius 3 is 2.47 bits per heavy atom. The molecule has 0 aliphatic carbocycles. The Kier molecular flexibility index (Phi) is 5.85. The highest BCUT2D eigenvalue weighted by atomic mass is 16.4. The molecule has 5 heteroatoms. The van der Waals surface area contributed by atoms with Crippen molar-refractivity contribution in [2.45, 2.75) is 26.3 Å².